The number of carbonyl (C=O) groups is 2. The molecule has 0 atom stereocenters. The Kier molecular flexibility index (Phi) is 4.55. The van der Waals surface area contributed by atoms with Crippen LogP contribution < -0.4 is 11.1 Å². The maximum Gasteiger partial charge on any atom is 0.261 e. The number of thiophene rings is 1. The summed E-state index contributed by atoms with van der Waals surface area (Å²) in [6, 6.07) is 3.95. The summed E-state index contributed by atoms with van der Waals surface area (Å²) in [5, 5.41) is 3.03. The number of carbonyl (C=O) groups excluding carboxylic acids is 2. The molecule has 2 rings (SSSR count). The van der Waals surface area contributed by atoms with E-state index < -0.39 is 0 Å². The van der Waals surface area contributed by atoms with E-state index in [4.69, 9.17) is 5.73 Å². The number of nitrogens with one attached hydrogen (secondary N) is 1. The minimum atomic E-state index is -0.0151. The van der Waals surface area contributed by atoms with Crippen LogP contribution in [0.25, 0.3) is 0 Å². The number of aryl methyl sites for hydroxylation is 1. The average molecular weight is 281 g/mol. The molecule has 2 amide bonds. The van der Waals surface area contributed by atoms with Gasteiger partial charge in [0.05, 0.1) is 11.4 Å². The van der Waals surface area contributed by atoms with Gasteiger partial charge >= 0.3 is 0 Å². The van der Waals surface area contributed by atoms with Crippen molar-refractivity contribution >= 4 is 23.2 Å². The third kappa shape index (κ3) is 3.54. The van der Waals surface area contributed by atoms with Crippen LogP contribution in [0.4, 0.5) is 0 Å². The van der Waals surface area contributed by atoms with Crippen molar-refractivity contribution < 1.29 is 9.59 Å². The first-order chi connectivity index (χ1) is 9.10. The van der Waals surface area contributed by atoms with Gasteiger partial charge in [0.1, 0.15) is 0 Å². The lowest BCUT2D eigenvalue weighted by Gasteiger charge is -2.32. The minimum absolute atomic E-state index is 0.0123. The van der Waals surface area contributed by atoms with Crippen LogP contribution in [0.3, 0.4) is 0 Å². The van der Waals surface area contributed by atoms with Gasteiger partial charge in [-0.3, -0.25) is 9.59 Å². The molecule has 0 saturated carbocycles. The Hall–Kier alpha value is -1.40. The van der Waals surface area contributed by atoms with Crippen LogP contribution in [0.2, 0.25) is 0 Å². The highest BCUT2D eigenvalue weighted by atomic mass is 32.1. The van der Waals surface area contributed by atoms with Crippen molar-refractivity contribution in [2.45, 2.75) is 25.8 Å². The van der Waals surface area contributed by atoms with E-state index in [9.17, 15) is 9.59 Å². The van der Waals surface area contributed by atoms with Crippen molar-refractivity contribution in [1.82, 2.24) is 10.2 Å². The van der Waals surface area contributed by atoms with Crippen LogP contribution in [-0.4, -0.2) is 42.4 Å². The quantitative estimate of drug-likeness (QED) is 0.858. The highest BCUT2D eigenvalue weighted by molar-refractivity contribution is 7.13. The maximum absolute atomic E-state index is 12.0. The summed E-state index contributed by atoms with van der Waals surface area (Å²) in [4.78, 5) is 27.1. The fourth-order valence-corrected chi connectivity index (χ4v) is 2.99. The number of piperidine rings is 1. The molecule has 3 N–H and O–H groups in total. The summed E-state index contributed by atoms with van der Waals surface area (Å²) < 4.78 is 0. The molecular weight excluding hydrogens is 262 g/mol. The number of rotatable bonds is 3. The number of hydrogen-bond acceptors (Lipinski definition) is 4. The smallest absolute Gasteiger partial charge is 0.261 e. The Morgan fingerprint density at radius 2 is 2.11 bits per heavy atom. The largest absolute Gasteiger partial charge is 0.348 e. The van der Waals surface area contributed by atoms with E-state index in [-0.39, 0.29) is 24.4 Å². The standard InChI is InChI=1S/C13H19N3O2S/c1-9-2-3-11(19-9)13(18)15-10-4-6-16(7-5-10)12(17)8-14/h2-3,10H,4-8,14H2,1H3,(H,15,18). The highest BCUT2D eigenvalue weighted by Gasteiger charge is 2.23. The van der Waals surface area contributed by atoms with Gasteiger partial charge in [0.25, 0.3) is 5.91 Å². The maximum atomic E-state index is 12.0. The van der Waals surface area contributed by atoms with Gasteiger partial charge in [0.2, 0.25) is 5.91 Å². The molecule has 0 spiro atoms. The summed E-state index contributed by atoms with van der Waals surface area (Å²) >= 11 is 1.50. The zero-order valence-electron chi connectivity index (χ0n) is 11.0. The van der Waals surface area contributed by atoms with Crippen molar-refractivity contribution in [3.63, 3.8) is 0 Å². The van der Waals surface area contributed by atoms with Gasteiger partial charge in [-0.25, -0.2) is 0 Å². The molecule has 0 radical (unpaired) electrons. The van der Waals surface area contributed by atoms with Gasteiger partial charge in [0, 0.05) is 24.0 Å². The fourth-order valence-electron chi connectivity index (χ4n) is 2.22. The minimum Gasteiger partial charge on any atom is -0.348 e. The molecule has 6 heteroatoms. The van der Waals surface area contributed by atoms with E-state index in [1.807, 2.05) is 19.1 Å². The van der Waals surface area contributed by atoms with E-state index >= 15 is 0 Å². The van der Waals surface area contributed by atoms with Crippen LogP contribution in [0.1, 0.15) is 27.4 Å². The van der Waals surface area contributed by atoms with Crippen LogP contribution >= 0.6 is 11.3 Å². The number of nitrogens with zero attached hydrogens (tertiary/aromatic N) is 1. The van der Waals surface area contributed by atoms with Crippen LogP contribution in [0.5, 0.6) is 0 Å². The predicted octanol–water partition coefficient (Wildman–Crippen LogP) is 0.736. The van der Waals surface area contributed by atoms with E-state index in [2.05, 4.69) is 5.32 Å². The molecule has 1 aliphatic rings. The topological polar surface area (TPSA) is 75.4 Å². The van der Waals surface area contributed by atoms with Crippen LogP contribution in [0, 0.1) is 6.92 Å². The van der Waals surface area contributed by atoms with Gasteiger partial charge in [-0.1, -0.05) is 0 Å². The van der Waals surface area contributed by atoms with Crippen molar-refractivity contribution in [3.8, 4) is 0 Å². The first kappa shape index (κ1) is 14.0. The first-order valence-electron chi connectivity index (χ1n) is 6.45. The van der Waals surface area contributed by atoms with Gasteiger partial charge in [-0.15, -0.1) is 11.3 Å². The molecule has 0 aliphatic carbocycles. The van der Waals surface area contributed by atoms with Crippen LogP contribution in [-0.2, 0) is 4.79 Å². The Labute approximate surface area is 116 Å². The zero-order valence-corrected chi connectivity index (χ0v) is 11.8. The second-order valence-corrected chi connectivity index (χ2v) is 6.03. The Morgan fingerprint density at radius 1 is 1.42 bits per heavy atom. The molecule has 5 nitrogen and oxygen atoms in total. The molecule has 1 aromatic rings. The summed E-state index contributed by atoms with van der Waals surface area (Å²) in [7, 11) is 0. The zero-order chi connectivity index (χ0) is 13.8. The summed E-state index contributed by atoms with van der Waals surface area (Å²) in [5.74, 6) is -0.0274. The third-order valence-electron chi connectivity index (χ3n) is 3.32. The van der Waals surface area contributed by atoms with Crippen molar-refractivity contribution in [2.75, 3.05) is 19.6 Å². The lowest BCUT2D eigenvalue weighted by molar-refractivity contribution is -0.130. The van der Waals surface area contributed by atoms with Gasteiger partial charge in [-0.05, 0) is 31.9 Å². The molecule has 1 aliphatic heterocycles. The molecule has 0 aromatic carbocycles. The second kappa shape index (κ2) is 6.16. The molecule has 0 unspecified atom stereocenters. The van der Waals surface area contributed by atoms with Crippen LogP contribution in [0.15, 0.2) is 12.1 Å². The molecule has 2 heterocycles. The summed E-state index contributed by atoms with van der Waals surface area (Å²) in [6.07, 6.45) is 1.59. The van der Waals surface area contributed by atoms with Crippen molar-refractivity contribution in [1.29, 1.82) is 0 Å². The second-order valence-electron chi connectivity index (χ2n) is 4.74. The SMILES string of the molecule is Cc1ccc(C(=O)NC2CCN(C(=O)CN)CC2)s1. The molecule has 104 valence electrons. The average Bonchev–Trinajstić information content (AvgIpc) is 2.85. The predicted molar refractivity (Wildman–Crippen MR) is 75.2 cm³/mol. The van der Waals surface area contributed by atoms with Crippen molar-refractivity contribution in [2.24, 2.45) is 5.73 Å². The van der Waals surface area contributed by atoms with E-state index in [1.54, 1.807) is 4.90 Å². The van der Waals surface area contributed by atoms with E-state index in [0.717, 1.165) is 22.6 Å². The Bertz CT molecular complexity index is 464. The fraction of sp³-hybridized carbons (Fsp3) is 0.538. The number of amides is 2. The van der Waals surface area contributed by atoms with Crippen molar-refractivity contribution in [3.05, 3.63) is 21.9 Å². The Balaban J connectivity index is 1.82. The number of nitrogens with two attached hydrogens (primary N) is 1. The number of hydrogen-bond donors (Lipinski definition) is 2. The molecule has 19 heavy (non-hydrogen) atoms. The highest BCUT2D eigenvalue weighted by Crippen LogP contribution is 2.16. The van der Waals surface area contributed by atoms with Gasteiger partial charge < -0.3 is 16.0 Å². The third-order valence-corrected chi connectivity index (χ3v) is 4.32. The summed E-state index contributed by atoms with van der Waals surface area (Å²) in [5.41, 5.74) is 5.34. The summed E-state index contributed by atoms with van der Waals surface area (Å²) in [6.45, 7) is 3.39. The van der Waals surface area contributed by atoms with Gasteiger partial charge in [-0.2, -0.15) is 0 Å². The van der Waals surface area contributed by atoms with E-state index in [0.29, 0.717) is 13.1 Å². The molecule has 1 fully saturated rings. The van der Waals surface area contributed by atoms with Gasteiger partial charge in [0.15, 0.2) is 0 Å². The van der Waals surface area contributed by atoms with E-state index in [1.165, 1.54) is 11.3 Å². The molecule has 1 aromatic heterocycles. The lowest BCUT2D eigenvalue weighted by Crippen LogP contribution is -2.47. The molecule has 1 saturated heterocycles. The molecular formula is C13H19N3O2S. The first-order valence-corrected chi connectivity index (χ1v) is 7.27. The normalized spacial score (nSPS) is 16.4. The molecule has 0 bridgehead atoms. The number of likely N-dealkylation sites (tertiary alicyclic amines) is 1. The Morgan fingerprint density at radius 3 is 2.63 bits per heavy atom. The monoisotopic (exact) mass is 281 g/mol. The lowest BCUT2D eigenvalue weighted by atomic mass is 10.0.